The highest BCUT2D eigenvalue weighted by molar-refractivity contribution is 7.86. The molecule has 0 aromatic carbocycles. The van der Waals surface area contributed by atoms with Gasteiger partial charge in [-0.1, -0.05) is 19.9 Å². The molecule has 0 saturated carbocycles. The minimum atomic E-state index is -3.48. The largest absolute Gasteiger partial charge is 0.395 e. The standard InChI is InChI=1S/C11H24N2O3S/c1-4-7-12(8-5-2)17(15,16)13(9-6-3)10-11-14/h6,14H,3-5,7-11H2,1-2H3. The summed E-state index contributed by atoms with van der Waals surface area (Å²) in [4.78, 5) is 0. The second kappa shape index (κ2) is 8.63. The van der Waals surface area contributed by atoms with Gasteiger partial charge in [0.05, 0.1) is 6.61 Å². The summed E-state index contributed by atoms with van der Waals surface area (Å²) in [5.41, 5.74) is 0. The number of nitrogens with zero attached hydrogens (tertiary/aromatic N) is 2. The fraction of sp³-hybridized carbons (Fsp3) is 0.818. The van der Waals surface area contributed by atoms with Crippen molar-refractivity contribution in [1.82, 2.24) is 8.61 Å². The van der Waals surface area contributed by atoms with Crippen LogP contribution in [0.1, 0.15) is 26.7 Å². The average Bonchev–Trinajstić information content (AvgIpc) is 2.28. The van der Waals surface area contributed by atoms with Gasteiger partial charge in [0, 0.05) is 26.2 Å². The fourth-order valence-corrected chi connectivity index (χ4v) is 3.32. The van der Waals surface area contributed by atoms with Crippen molar-refractivity contribution in [3.63, 3.8) is 0 Å². The Hall–Kier alpha value is -0.430. The molecular formula is C11H24N2O3S. The van der Waals surface area contributed by atoms with Crippen molar-refractivity contribution in [3.8, 4) is 0 Å². The van der Waals surface area contributed by atoms with E-state index in [0.717, 1.165) is 12.8 Å². The first-order valence-corrected chi connectivity index (χ1v) is 7.41. The van der Waals surface area contributed by atoms with Crippen LogP contribution in [0.5, 0.6) is 0 Å². The van der Waals surface area contributed by atoms with Gasteiger partial charge in [-0.05, 0) is 12.8 Å². The Morgan fingerprint density at radius 1 is 1.12 bits per heavy atom. The van der Waals surface area contributed by atoms with E-state index in [1.807, 2.05) is 13.8 Å². The maximum absolute atomic E-state index is 12.3. The molecule has 0 aromatic rings. The molecule has 102 valence electrons. The topological polar surface area (TPSA) is 60.9 Å². The van der Waals surface area contributed by atoms with Gasteiger partial charge in [0.15, 0.2) is 0 Å². The van der Waals surface area contributed by atoms with E-state index in [9.17, 15) is 8.42 Å². The molecule has 0 unspecified atom stereocenters. The molecule has 0 aliphatic rings. The highest BCUT2D eigenvalue weighted by Gasteiger charge is 2.27. The first kappa shape index (κ1) is 16.6. The monoisotopic (exact) mass is 264 g/mol. The van der Waals surface area contributed by atoms with Crippen molar-refractivity contribution < 1.29 is 13.5 Å². The van der Waals surface area contributed by atoms with Crippen LogP contribution in [0.2, 0.25) is 0 Å². The molecule has 6 heteroatoms. The number of aliphatic hydroxyl groups excluding tert-OH is 1. The molecule has 1 N–H and O–H groups in total. The van der Waals surface area contributed by atoms with Crippen LogP contribution in [0.25, 0.3) is 0 Å². The molecule has 0 aliphatic carbocycles. The van der Waals surface area contributed by atoms with E-state index in [4.69, 9.17) is 5.11 Å². The van der Waals surface area contributed by atoms with Crippen molar-refractivity contribution in [2.45, 2.75) is 26.7 Å². The van der Waals surface area contributed by atoms with Crippen LogP contribution in [0.4, 0.5) is 0 Å². The van der Waals surface area contributed by atoms with Crippen molar-refractivity contribution in [1.29, 1.82) is 0 Å². The third-order valence-electron chi connectivity index (χ3n) is 2.28. The van der Waals surface area contributed by atoms with Gasteiger partial charge >= 0.3 is 0 Å². The summed E-state index contributed by atoms with van der Waals surface area (Å²) < 4.78 is 27.3. The summed E-state index contributed by atoms with van der Waals surface area (Å²) in [6, 6.07) is 0. The van der Waals surface area contributed by atoms with Crippen LogP contribution in [0, 0.1) is 0 Å². The molecule has 0 radical (unpaired) electrons. The Morgan fingerprint density at radius 2 is 1.65 bits per heavy atom. The van der Waals surface area contributed by atoms with Gasteiger partial charge < -0.3 is 5.11 Å². The summed E-state index contributed by atoms with van der Waals surface area (Å²) >= 11 is 0. The quantitative estimate of drug-likeness (QED) is 0.595. The summed E-state index contributed by atoms with van der Waals surface area (Å²) in [6.45, 7) is 8.61. The van der Waals surface area contributed by atoms with E-state index in [0.29, 0.717) is 13.1 Å². The zero-order valence-electron chi connectivity index (χ0n) is 10.8. The summed E-state index contributed by atoms with van der Waals surface area (Å²) in [5, 5.41) is 8.91. The third kappa shape index (κ3) is 5.16. The Labute approximate surface area is 105 Å². The van der Waals surface area contributed by atoms with E-state index < -0.39 is 10.2 Å². The molecular weight excluding hydrogens is 240 g/mol. The number of hydrogen-bond acceptors (Lipinski definition) is 3. The molecule has 17 heavy (non-hydrogen) atoms. The Balaban J connectivity index is 4.92. The van der Waals surface area contributed by atoms with Crippen LogP contribution < -0.4 is 0 Å². The van der Waals surface area contributed by atoms with Gasteiger partial charge in [-0.2, -0.15) is 17.0 Å². The van der Waals surface area contributed by atoms with Crippen LogP contribution in [0.3, 0.4) is 0 Å². The lowest BCUT2D eigenvalue weighted by atomic mass is 10.4. The molecule has 0 aliphatic heterocycles. The van der Waals surface area contributed by atoms with Gasteiger partial charge in [0.25, 0.3) is 10.2 Å². The van der Waals surface area contributed by atoms with E-state index >= 15 is 0 Å². The molecule has 0 aromatic heterocycles. The highest BCUT2D eigenvalue weighted by atomic mass is 32.2. The Bertz CT molecular complexity index is 298. The Morgan fingerprint density at radius 3 is 2.00 bits per heavy atom. The number of hydrogen-bond donors (Lipinski definition) is 1. The molecule has 0 spiro atoms. The molecule has 0 amide bonds. The number of rotatable bonds is 10. The Kier molecular flexibility index (Phi) is 8.41. The molecule has 5 nitrogen and oxygen atoms in total. The first-order valence-electron chi connectivity index (χ1n) is 6.01. The van der Waals surface area contributed by atoms with Gasteiger partial charge in [0.1, 0.15) is 0 Å². The van der Waals surface area contributed by atoms with E-state index in [-0.39, 0.29) is 19.7 Å². The predicted octanol–water partition coefficient (Wildman–Crippen LogP) is 0.833. The molecule has 0 heterocycles. The van der Waals surface area contributed by atoms with Gasteiger partial charge in [0.2, 0.25) is 0 Å². The number of aliphatic hydroxyl groups is 1. The lowest BCUT2D eigenvalue weighted by Crippen LogP contribution is -2.45. The summed E-state index contributed by atoms with van der Waals surface area (Å²) in [5.74, 6) is 0. The molecule has 0 bridgehead atoms. The fourth-order valence-electron chi connectivity index (χ4n) is 1.56. The first-order chi connectivity index (χ1) is 8.04. The second-order valence-corrected chi connectivity index (χ2v) is 5.71. The van der Waals surface area contributed by atoms with Crippen LogP contribution in [0.15, 0.2) is 12.7 Å². The highest BCUT2D eigenvalue weighted by Crippen LogP contribution is 2.10. The average molecular weight is 264 g/mol. The van der Waals surface area contributed by atoms with Gasteiger partial charge in [-0.3, -0.25) is 0 Å². The van der Waals surface area contributed by atoms with Gasteiger partial charge in [-0.15, -0.1) is 6.58 Å². The maximum Gasteiger partial charge on any atom is 0.282 e. The van der Waals surface area contributed by atoms with E-state index in [1.165, 1.54) is 14.7 Å². The van der Waals surface area contributed by atoms with Crippen molar-refractivity contribution in [2.75, 3.05) is 32.8 Å². The smallest absolute Gasteiger partial charge is 0.282 e. The third-order valence-corrected chi connectivity index (χ3v) is 4.28. The van der Waals surface area contributed by atoms with Crippen LogP contribution >= 0.6 is 0 Å². The molecule has 0 fully saturated rings. The minimum Gasteiger partial charge on any atom is -0.395 e. The summed E-state index contributed by atoms with van der Waals surface area (Å²) in [7, 11) is -3.48. The lowest BCUT2D eigenvalue weighted by molar-refractivity contribution is 0.250. The molecule has 0 rings (SSSR count). The zero-order chi connectivity index (χ0) is 13.3. The van der Waals surface area contributed by atoms with E-state index in [2.05, 4.69) is 6.58 Å². The molecule has 0 atom stereocenters. The normalized spacial score (nSPS) is 12.3. The minimum absolute atomic E-state index is 0.109. The van der Waals surface area contributed by atoms with Gasteiger partial charge in [-0.25, -0.2) is 0 Å². The second-order valence-electron chi connectivity index (χ2n) is 3.78. The lowest BCUT2D eigenvalue weighted by Gasteiger charge is -2.28. The maximum atomic E-state index is 12.3. The molecule has 0 saturated heterocycles. The SMILES string of the molecule is C=CCN(CCO)S(=O)(=O)N(CCC)CCC. The zero-order valence-corrected chi connectivity index (χ0v) is 11.6. The van der Waals surface area contributed by atoms with Crippen molar-refractivity contribution >= 4 is 10.2 Å². The van der Waals surface area contributed by atoms with Crippen LogP contribution in [-0.2, 0) is 10.2 Å². The van der Waals surface area contributed by atoms with Crippen LogP contribution in [-0.4, -0.2) is 54.9 Å². The van der Waals surface area contributed by atoms with Crippen molar-refractivity contribution in [3.05, 3.63) is 12.7 Å². The van der Waals surface area contributed by atoms with Crippen molar-refractivity contribution in [2.24, 2.45) is 0 Å². The van der Waals surface area contributed by atoms with E-state index in [1.54, 1.807) is 0 Å². The summed E-state index contributed by atoms with van der Waals surface area (Å²) in [6.07, 6.45) is 3.09. The predicted molar refractivity (Wildman–Crippen MR) is 69.9 cm³/mol.